The molecule has 1 aliphatic carbocycles. The molecule has 3 rings (SSSR count). The van der Waals surface area contributed by atoms with Crippen molar-refractivity contribution in [3.63, 3.8) is 0 Å². The van der Waals surface area contributed by atoms with E-state index in [-0.39, 0.29) is 12.1 Å². The van der Waals surface area contributed by atoms with Gasteiger partial charge in [0.2, 0.25) is 0 Å². The molecule has 5 nitrogen and oxygen atoms in total. The van der Waals surface area contributed by atoms with Crippen molar-refractivity contribution in [2.75, 3.05) is 18.4 Å². The van der Waals surface area contributed by atoms with Crippen LogP contribution in [-0.4, -0.2) is 24.1 Å². The molecule has 2 amide bonds. The fourth-order valence-electron chi connectivity index (χ4n) is 2.95. The summed E-state index contributed by atoms with van der Waals surface area (Å²) in [6.45, 7) is 1.20. The lowest BCUT2D eigenvalue weighted by molar-refractivity contribution is 0.236. The summed E-state index contributed by atoms with van der Waals surface area (Å²) in [6.07, 6.45) is 4.95. The van der Waals surface area contributed by atoms with E-state index in [2.05, 4.69) is 39.1 Å². The average Bonchev–Trinajstić information content (AvgIpc) is 2.60. The Morgan fingerprint density at radius 2 is 2.00 bits per heavy atom. The third kappa shape index (κ3) is 4.22. The molecule has 0 aliphatic heterocycles. The molecule has 0 radical (unpaired) electrons. The van der Waals surface area contributed by atoms with Crippen molar-refractivity contribution in [1.82, 2.24) is 15.6 Å². The zero-order valence-electron chi connectivity index (χ0n) is 13.1. The normalized spacial score (nSPS) is 16.3. The van der Waals surface area contributed by atoms with Crippen LogP contribution in [0.5, 0.6) is 0 Å². The number of carbonyl (C=O) groups excluding carboxylic acids is 1. The number of hydrogen-bond donors (Lipinski definition) is 3. The number of fused-ring (bicyclic) bond motifs is 1. The second-order valence-electron chi connectivity index (χ2n) is 5.69. The van der Waals surface area contributed by atoms with Gasteiger partial charge in [0.1, 0.15) is 5.82 Å². The molecular weight excluding hydrogens is 288 g/mol. The van der Waals surface area contributed by atoms with Gasteiger partial charge < -0.3 is 16.0 Å². The van der Waals surface area contributed by atoms with Crippen LogP contribution in [0.1, 0.15) is 30.0 Å². The van der Waals surface area contributed by atoms with Gasteiger partial charge in [-0.15, -0.1) is 0 Å². The number of aryl methyl sites for hydroxylation is 1. The Labute approximate surface area is 136 Å². The predicted molar refractivity (Wildman–Crippen MR) is 91.4 cm³/mol. The molecule has 5 heteroatoms. The number of benzene rings is 1. The van der Waals surface area contributed by atoms with Gasteiger partial charge in [-0.25, -0.2) is 9.78 Å². The van der Waals surface area contributed by atoms with E-state index in [0.717, 1.165) is 25.1 Å². The molecule has 1 aromatic carbocycles. The van der Waals surface area contributed by atoms with Gasteiger partial charge in [0.05, 0.1) is 6.04 Å². The molecule has 1 aliphatic rings. The first-order valence-electron chi connectivity index (χ1n) is 8.10. The highest BCUT2D eigenvalue weighted by Gasteiger charge is 2.20. The van der Waals surface area contributed by atoms with Crippen molar-refractivity contribution in [2.24, 2.45) is 0 Å². The van der Waals surface area contributed by atoms with Crippen LogP contribution >= 0.6 is 0 Å². The van der Waals surface area contributed by atoms with E-state index in [4.69, 9.17) is 0 Å². The maximum absolute atomic E-state index is 12.1. The highest BCUT2D eigenvalue weighted by molar-refractivity contribution is 5.74. The van der Waals surface area contributed by atoms with Crippen LogP contribution in [0, 0.1) is 0 Å². The summed E-state index contributed by atoms with van der Waals surface area (Å²) in [5.74, 6) is 0.816. The monoisotopic (exact) mass is 310 g/mol. The van der Waals surface area contributed by atoms with Gasteiger partial charge in [-0.3, -0.25) is 0 Å². The molecule has 0 bridgehead atoms. The summed E-state index contributed by atoms with van der Waals surface area (Å²) in [4.78, 5) is 16.2. The largest absolute Gasteiger partial charge is 0.368 e. The highest BCUT2D eigenvalue weighted by atomic mass is 16.2. The lowest BCUT2D eigenvalue weighted by Crippen LogP contribution is -2.40. The summed E-state index contributed by atoms with van der Waals surface area (Å²) < 4.78 is 0. The standard InChI is InChI=1S/C18H22N4O/c23-18(21-13-12-20-17-10-3-4-11-19-17)22-16-9-5-7-14-6-1-2-8-15(14)16/h1-4,6,8,10-11,16H,5,7,9,12-13H2,(H,19,20)(H2,21,22,23). The number of carbonyl (C=O) groups is 1. The zero-order valence-corrected chi connectivity index (χ0v) is 13.1. The van der Waals surface area contributed by atoms with Crippen molar-refractivity contribution in [1.29, 1.82) is 0 Å². The van der Waals surface area contributed by atoms with E-state index in [1.807, 2.05) is 24.3 Å². The first-order chi connectivity index (χ1) is 11.3. The SMILES string of the molecule is O=C(NCCNc1ccccn1)NC1CCCc2ccccc21. The van der Waals surface area contributed by atoms with E-state index in [9.17, 15) is 4.79 Å². The predicted octanol–water partition coefficient (Wildman–Crippen LogP) is 2.87. The van der Waals surface area contributed by atoms with Crippen molar-refractivity contribution < 1.29 is 4.79 Å². The first-order valence-corrected chi connectivity index (χ1v) is 8.10. The van der Waals surface area contributed by atoms with Crippen LogP contribution in [0.4, 0.5) is 10.6 Å². The summed E-state index contributed by atoms with van der Waals surface area (Å²) in [5, 5.41) is 9.14. The lowest BCUT2D eigenvalue weighted by atomic mass is 9.88. The van der Waals surface area contributed by atoms with Crippen molar-refractivity contribution in [3.8, 4) is 0 Å². The molecule has 120 valence electrons. The minimum Gasteiger partial charge on any atom is -0.368 e. The fraction of sp³-hybridized carbons (Fsp3) is 0.333. The topological polar surface area (TPSA) is 66.0 Å². The van der Waals surface area contributed by atoms with Crippen LogP contribution in [0.15, 0.2) is 48.7 Å². The Morgan fingerprint density at radius 3 is 2.87 bits per heavy atom. The van der Waals surface area contributed by atoms with Gasteiger partial charge in [-0.1, -0.05) is 30.3 Å². The van der Waals surface area contributed by atoms with Crippen LogP contribution < -0.4 is 16.0 Å². The fourth-order valence-corrected chi connectivity index (χ4v) is 2.95. The minimum atomic E-state index is -0.116. The maximum Gasteiger partial charge on any atom is 0.315 e. The maximum atomic E-state index is 12.1. The average molecular weight is 310 g/mol. The third-order valence-electron chi connectivity index (χ3n) is 4.06. The number of hydrogen-bond acceptors (Lipinski definition) is 3. The number of pyridine rings is 1. The number of nitrogens with zero attached hydrogens (tertiary/aromatic N) is 1. The quantitative estimate of drug-likeness (QED) is 0.744. The lowest BCUT2D eigenvalue weighted by Gasteiger charge is -2.26. The molecule has 1 atom stereocenters. The summed E-state index contributed by atoms with van der Waals surface area (Å²) in [7, 11) is 0. The van der Waals surface area contributed by atoms with Gasteiger partial charge in [0, 0.05) is 19.3 Å². The van der Waals surface area contributed by atoms with Crippen LogP contribution in [0.3, 0.4) is 0 Å². The molecular formula is C18H22N4O. The van der Waals surface area contributed by atoms with Gasteiger partial charge in [-0.2, -0.15) is 0 Å². The number of urea groups is 1. The van der Waals surface area contributed by atoms with E-state index < -0.39 is 0 Å². The Balaban J connectivity index is 1.43. The van der Waals surface area contributed by atoms with Gasteiger partial charge in [-0.05, 0) is 42.5 Å². The van der Waals surface area contributed by atoms with E-state index in [1.165, 1.54) is 11.1 Å². The van der Waals surface area contributed by atoms with Gasteiger partial charge >= 0.3 is 6.03 Å². The molecule has 0 spiro atoms. The third-order valence-corrected chi connectivity index (χ3v) is 4.06. The molecule has 3 N–H and O–H groups in total. The van der Waals surface area contributed by atoms with Crippen LogP contribution in [0.2, 0.25) is 0 Å². The number of nitrogens with one attached hydrogen (secondary N) is 3. The highest BCUT2D eigenvalue weighted by Crippen LogP contribution is 2.29. The molecule has 1 unspecified atom stereocenters. The van der Waals surface area contributed by atoms with Crippen molar-refractivity contribution in [2.45, 2.75) is 25.3 Å². The van der Waals surface area contributed by atoms with Crippen molar-refractivity contribution >= 4 is 11.8 Å². The molecule has 23 heavy (non-hydrogen) atoms. The van der Waals surface area contributed by atoms with Crippen molar-refractivity contribution in [3.05, 3.63) is 59.8 Å². The summed E-state index contributed by atoms with van der Waals surface area (Å²) >= 11 is 0. The van der Waals surface area contributed by atoms with Gasteiger partial charge in [0.15, 0.2) is 0 Å². The number of rotatable bonds is 5. The minimum absolute atomic E-state index is 0.115. The zero-order chi connectivity index (χ0) is 15.9. The summed E-state index contributed by atoms with van der Waals surface area (Å²) in [6, 6.07) is 14.1. The van der Waals surface area contributed by atoms with E-state index in [1.54, 1.807) is 6.20 Å². The van der Waals surface area contributed by atoms with Gasteiger partial charge in [0.25, 0.3) is 0 Å². The van der Waals surface area contributed by atoms with E-state index >= 15 is 0 Å². The molecule has 0 saturated heterocycles. The second kappa shape index (κ2) is 7.63. The summed E-state index contributed by atoms with van der Waals surface area (Å²) in [5.41, 5.74) is 2.60. The molecule has 0 fully saturated rings. The van der Waals surface area contributed by atoms with Crippen LogP contribution in [-0.2, 0) is 6.42 Å². The Kier molecular flexibility index (Phi) is 5.09. The number of amides is 2. The Bertz CT molecular complexity index is 644. The molecule has 0 saturated carbocycles. The Hall–Kier alpha value is -2.56. The second-order valence-corrected chi connectivity index (χ2v) is 5.69. The Morgan fingerprint density at radius 1 is 1.13 bits per heavy atom. The van der Waals surface area contributed by atoms with E-state index in [0.29, 0.717) is 13.1 Å². The number of anilines is 1. The smallest absolute Gasteiger partial charge is 0.315 e. The van der Waals surface area contributed by atoms with Crippen LogP contribution in [0.25, 0.3) is 0 Å². The molecule has 2 aromatic rings. The molecule has 1 heterocycles. The molecule has 1 aromatic heterocycles. The number of aromatic nitrogens is 1. The first kappa shape index (κ1) is 15.3.